The third-order valence-corrected chi connectivity index (χ3v) is 6.17. The summed E-state index contributed by atoms with van der Waals surface area (Å²) in [6, 6.07) is 14.6. The molecule has 0 saturated carbocycles. The van der Waals surface area contributed by atoms with Crippen molar-refractivity contribution in [3.8, 4) is 6.01 Å². The minimum absolute atomic E-state index is 0.452. The molecule has 0 aliphatic carbocycles. The lowest BCUT2D eigenvalue weighted by Crippen LogP contribution is -2.37. The van der Waals surface area contributed by atoms with E-state index in [1.54, 1.807) is 24.7 Å². The van der Waals surface area contributed by atoms with E-state index in [0.717, 1.165) is 49.7 Å². The van der Waals surface area contributed by atoms with Crippen LogP contribution in [0.3, 0.4) is 0 Å². The maximum atomic E-state index is 9.10. The Morgan fingerprint density at radius 3 is 2.41 bits per heavy atom. The van der Waals surface area contributed by atoms with Crippen LogP contribution in [0.5, 0.6) is 6.01 Å². The van der Waals surface area contributed by atoms with Gasteiger partial charge in [-0.3, -0.25) is 4.90 Å². The summed E-state index contributed by atoms with van der Waals surface area (Å²) in [6.45, 7) is 4.42. The second-order valence-electron chi connectivity index (χ2n) is 8.66. The zero-order chi connectivity index (χ0) is 26.0. The van der Waals surface area contributed by atoms with Crippen LogP contribution in [0.1, 0.15) is 24.4 Å². The second-order valence-corrected chi connectivity index (χ2v) is 8.66. The number of nitrogens with zero attached hydrogens (tertiary/aromatic N) is 5. The monoisotopic (exact) mass is 507 g/mol. The molecule has 0 radical (unpaired) electrons. The Morgan fingerprint density at radius 2 is 1.73 bits per heavy atom. The molecule has 1 aromatic carbocycles. The van der Waals surface area contributed by atoms with E-state index < -0.39 is 11.9 Å². The van der Waals surface area contributed by atoms with Gasteiger partial charge in [-0.2, -0.15) is 0 Å². The normalized spacial score (nSPS) is 14.2. The summed E-state index contributed by atoms with van der Waals surface area (Å²) in [5.74, 6) is -0.894. The number of ether oxygens (including phenoxy) is 1. The van der Waals surface area contributed by atoms with Gasteiger partial charge in [0.15, 0.2) is 0 Å². The second kappa shape index (κ2) is 12.6. The van der Waals surface area contributed by atoms with Crippen LogP contribution in [-0.4, -0.2) is 72.8 Å². The summed E-state index contributed by atoms with van der Waals surface area (Å²) < 4.78 is 13.6. The Kier molecular flexibility index (Phi) is 8.82. The number of benzene rings is 1. The van der Waals surface area contributed by atoms with Crippen molar-refractivity contribution in [1.82, 2.24) is 24.4 Å². The zero-order valence-electron chi connectivity index (χ0n) is 20.3. The Labute approximate surface area is 213 Å². The number of rotatable bonds is 8. The van der Waals surface area contributed by atoms with Crippen molar-refractivity contribution < 1.29 is 29.0 Å². The molecular weight excluding hydrogens is 478 g/mol. The van der Waals surface area contributed by atoms with Crippen molar-refractivity contribution in [2.75, 3.05) is 26.2 Å². The predicted octanol–water partition coefficient (Wildman–Crippen LogP) is 2.96. The highest BCUT2D eigenvalue weighted by molar-refractivity contribution is 6.27. The quantitative estimate of drug-likeness (QED) is 0.342. The van der Waals surface area contributed by atoms with Gasteiger partial charge in [0, 0.05) is 25.4 Å². The molecule has 11 nitrogen and oxygen atoms in total. The number of hydrogen-bond acceptors (Lipinski definition) is 8. The van der Waals surface area contributed by atoms with Crippen LogP contribution in [0.15, 0.2) is 65.5 Å². The smallest absolute Gasteiger partial charge is 0.414 e. The molecule has 1 saturated heterocycles. The van der Waals surface area contributed by atoms with Gasteiger partial charge in [-0.1, -0.05) is 12.1 Å². The summed E-state index contributed by atoms with van der Waals surface area (Å²) in [7, 11) is 0. The standard InChI is InChI=1S/C24H27N5O2.C2H2O4/c1-2-7-22-21(6-1)27-23(29(22)18-20-5-3-15-30-20)17-19-8-12-28(13-9-19)14-16-31-24-25-10-4-11-26-24;3-1(4)2(5)6/h1-7,10-11,15,19H,8-9,12-14,16-18H2;(H,3,4)(H,5,6). The predicted molar refractivity (Wildman–Crippen MR) is 133 cm³/mol. The number of imidazole rings is 1. The fourth-order valence-electron chi connectivity index (χ4n) is 4.31. The summed E-state index contributed by atoms with van der Waals surface area (Å²) in [5.41, 5.74) is 2.23. The van der Waals surface area contributed by atoms with E-state index >= 15 is 0 Å². The SMILES string of the molecule is O=C(O)C(=O)O.c1cnc(OCCN2CCC(Cc3nc4ccccc4n3Cc3ccco3)CC2)nc1. The number of carboxylic acid groups (broad SMARTS) is 2. The molecule has 2 N–H and O–H groups in total. The number of likely N-dealkylation sites (tertiary alicyclic amines) is 1. The maximum Gasteiger partial charge on any atom is 0.414 e. The highest BCUT2D eigenvalue weighted by Crippen LogP contribution is 2.25. The molecule has 4 heterocycles. The van der Waals surface area contributed by atoms with Crippen molar-refractivity contribution in [3.63, 3.8) is 0 Å². The lowest BCUT2D eigenvalue weighted by Gasteiger charge is -2.31. The van der Waals surface area contributed by atoms with Crippen molar-refractivity contribution >= 4 is 23.0 Å². The van der Waals surface area contributed by atoms with E-state index in [0.29, 0.717) is 18.5 Å². The number of carbonyl (C=O) groups is 2. The van der Waals surface area contributed by atoms with Gasteiger partial charge in [-0.15, -0.1) is 0 Å². The Morgan fingerprint density at radius 1 is 1.00 bits per heavy atom. The first-order valence-electron chi connectivity index (χ1n) is 12.0. The molecule has 1 fully saturated rings. The number of furan rings is 1. The van der Waals surface area contributed by atoms with Crippen LogP contribution in [0, 0.1) is 5.92 Å². The Balaban J connectivity index is 0.000000480. The van der Waals surface area contributed by atoms with E-state index in [-0.39, 0.29) is 0 Å². The van der Waals surface area contributed by atoms with Gasteiger partial charge < -0.3 is 23.9 Å². The van der Waals surface area contributed by atoms with E-state index in [1.165, 1.54) is 18.4 Å². The lowest BCUT2D eigenvalue weighted by atomic mass is 9.93. The largest absolute Gasteiger partial charge is 0.473 e. The lowest BCUT2D eigenvalue weighted by molar-refractivity contribution is -0.159. The van der Waals surface area contributed by atoms with Crippen LogP contribution in [0.25, 0.3) is 11.0 Å². The van der Waals surface area contributed by atoms with Gasteiger partial charge in [0.25, 0.3) is 0 Å². The van der Waals surface area contributed by atoms with Gasteiger partial charge >= 0.3 is 17.9 Å². The Hall–Kier alpha value is -4.25. The first kappa shape index (κ1) is 25.8. The van der Waals surface area contributed by atoms with Gasteiger partial charge in [-0.25, -0.2) is 24.5 Å². The van der Waals surface area contributed by atoms with Crippen LogP contribution >= 0.6 is 0 Å². The van der Waals surface area contributed by atoms with Gasteiger partial charge in [0.2, 0.25) is 0 Å². The first-order chi connectivity index (χ1) is 18.0. The molecule has 0 unspecified atom stereocenters. The number of aliphatic carboxylic acids is 2. The third kappa shape index (κ3) is 7.37. The average molecular weight is 508 g/mol. The van der Waals surface area contributed by atoms with Gasteiger partial charge in [0.1, 0.15) is 18.2 Å². The molecule has 1 aliphatic rings. The number of piperidine rings is 1. The fraction of sp³-hybridized carbons (Fsp3) is 0.346. The highest BCUT2D eigenvalue weighted by Gasteiger charge is 2.22. The molecule has 1 aliphatic heterocycles. The number of fused-ring (bicyclic) bond motifs is 1. The average Bonchev–Trinajstić information content (AvgIpc) is 3.54. The molecule has 0 bridgehead atoms. The summed E-state index contributed by atoms with van der Waals surface area (Å²) in [4.78, 5) is 33.8. The first-order valence-corrected chi connectivity index (χ1v) is 12.0. The minimum atomic E-state index is -1.82. The molecular formula is C26H29N5O6. The van der Waals surface area contributed by atoms with Crippen molar-refractivity contribution in [2.45, 2.75) is 25.8 Å². The summed E-state index contributed by atoms with van der Waals surface area (Å²) in [6.07, 6.45) is 8.48. The fourth-order valence-corrected chi connectivity index (χ4v) is 4.31. The number of hydrogen-bond donors (Lipinski definition) is 2. The zero-order valence-corrected chi connectivity index (χ0v) is 20.3. The molecule has 0 spiro atoms. The van der Waals surface area contributed by atoms with Gasteiger partial charge in [-0.05, 0) is 62.2 Å². The maximum absolute atomic E-state index is 9.10. The minimum Gasteiger partial charge on any atom is -0.473 e. The third-order valence-electron chi connectivity index (χ3n) is 6.17. The van der Waals surface area contributed by atoms with E-state index in [9.17, 15) is 0 Å². The van der Waals surface area contributed by atoms with Crippen LogP contribution in [-0.2, 0) is 22.6 Å². The molecule has 4 aromatic rings. The van der Waals surface area contributed by atoms with E-state index in [4.69, 9.17) is 33.9 Å². The summed E-state index contributed by atoms with van der Waals surface area (Å²) >= 11 is 0. The number of aromatic nitrogens is 4. The molecule has 5 rings (SSSR count). The highest BCUT2D eigenvalue weighted by atomic mass is 16.5. The molecule has 3 aromatic heterocycles. The topological polar surface area (TPSA) is 144 Å². The van der Waals surface area contributed by atoms with Crippen molar-refractivity contribution in [3.05, 3.63) is 72.7 Å². The van der Waals surface area contributed by atoms with Crippen molar-refractivity contribution in [1.29, 1.82) is 0 Å². The molecule has 194 valence electrons. The van der Waals surface area contributed by atoms with Crippen molar-refractivity contribution in [2.24, 2.45) is 5.92 Å². The van der Waals surface area contributed by atoms with Crippen LogP contribution < -0.4 is 4.74 Å². The number of carboxylic acids is 2. The number of para-hydroxylation sites is 2. The van der Waals surface area contributed by atoms with Crippen LogP contribution in [0.2, 0.25) is 0 Å². The molecule has 37 heavy (non-hydrogen) atoms. The summed E-state index contributed by atoms with van der Waals surface area (Å²) in [5, 5.41) is 14.8. The Bertz CT molecular complexity index is 1270. The molecule has 0 amide bonds. The van der Waals surface area contributed by atoms with E-state index in [2.05, 4.69) is 43.7 Å². The van der Waals surface area contributed by atoms with Crippen LogP contribution in [0.4, 0.5) is 0 Å². The van der Waals surface area contributed by atoms with Gasteiger partial charge in [0.05, 0.1) is 23.8 Å². The molecule has 0 atom stereocenters. The molecule has 11 heteroatoms. The van der Waals surface area contributed by atoms with E-state index in [1.807, 2.05) is 12.1 Å².